The van der Waals surface area contributed by atoms with Gasteiger partial charge in [-0.25, -0.2) is 4.79 Å². The number of unbranched alkanes of at least 4 members (excludes halogenated alkanes) is 2. The molecule has 4 nitrogen and oxygen atoms in total. The van der Waals surface area contributed by atoms with Crippen LogP contribution in [-0.2, 0) is 4.74 Å². The van der Waals surface area contributed by atoms with Crippen LogP contribution in [0.4, 0.5) is 4.79 Å². The molecule has 0 rings (SSSR count). The number of hydrogen-bond acceptors (Lipinski definition) is 2. The first kappa shape index (κ1) is 13.2. The molecule has 14 heavy (non-hydrogen) atoms. The van der Waals surface area contributed by atoms with E-state index in [0.717, 1.165) is 12.8 Å². The zero-order chi connectivity index (χ0) is 11.0. The SMILES string of the molecule is CCCCCOCC(C)(C)NC(=O)O. The summed E-state index contributed by atoms with van der Waals surface area (Å²) in [4.78, 5) is 10.4. The number of carboxylic acid groups (broad SMARTS) is 1. The Morgan fingerprint density at radius 1 is 1.43 bits per heavy atom. The van der Waals surface area contributed by atoms with Crippen LogP contribution in [0.1, 0.15) is 40.0 Å². The summed E-state index contributed by atoms with van der Waals surface area (Å²) in [6.45, 7) is 6.87. The summed E-state index contributed by atoms with van der Waals surface area (Å²) in [6.07, 6.45) is 2.36. The second-order valence-electron chi connectivity index (χ2n) is 4.07. The van der Waals surface area contributed by atoms with Crippen molar-refractivity contribution in [2.45, 2.75) is 45.6 Å². The van der Waals surface area contributed by atoms with Gasteiger partial charge in [-0.1, -0.05) is 19.8 Å². The monoisotopic (exact) mass is 203 g/mol. The van der Waals surface area contributed by atoms with Gasteiger partial charge < -0.3 is 15.2 Å². The molecule has 0 aromatic heterocycles. The molecule has 0 aromatic rings. The van der Waals surface area contributed by atoms with Crippen molar-refractivity contribution in [1.29, 1.82) is 0 Å². The molecule has 0 atom stereocenters. The Morgan fingerprint density at radius 2 is 2.07 bits per heavy atom. The van der Waals surface area contributed by atoms with E-state index in [2.05, 4.69) is 12.2 Å². The first-order valence-electron chi connectivity index (χ1n) is 5.07. The van der Waals surface area contributed by atoms with Gasteiger partial charge in [0.15, 0.2) is 0 Å². The van der Waals surface area contributed by atoms with E-state index >= 15 is 0 Å². The topological polar surface area (TPSA) is 58.6 Å². The third-order valence-corrected chi connectivity index (χ3v) is 1.80. The first-order chi connectivity index (χ1) is 6.48. The van der Waals surface area contributed by atoms with Crippen LogP contribution in [0.25, 0.3) is 0 Å². The summed E-state index contributed by atoms with van der Waals surface area (Å²) in [7, 11) is 0. The van der Waals surface area contributed by atoms with Crippen molar-refractivity contribution in [3.63, 3.8) is 0 Å². The molecule has 0 bridgehead atoms. The van der Waals surface area contributed by atoms with Crippen molar-refractivity contribution in [3.05, 3.63) is 0 Å². The highest BCUT2D eigenvalue weighted by Gasteiger charge is 2.19. The van der Waals surface area contributed by atoms with E-state index in [1.165, 1.54) is 6.42 Å². The first-order valence-corrected chi connectivity index (χ1v) is 5.07. The second kappa shape index (κ2) is 6.65. The molecule has 0 saturated heterocycles. The molecule has 0 radical (unpaired) electrons. The van der Waals surface area contributed by atoms with Crippen molar-refractivity contribution in [3.8, 4) is 0 Å². The molecule has 0 aliphatic carbocycles. The predicted molar refractivity (Wildman–Crippen MR) is 55.6 cm³/mol. The Bertz CT molecular complexity index is 169. The molecular weight excluding hydrogens is 182 g/mol. The number of nitrogens with one attached hydrogen (secondary N) is 1. The highest BCUT2D eigenvalue weighted by molar-refractivity contribution is 5.65. The quantitative estimate of drug-likeness (QED) is 0.624. The van der Waals surface area contributed by atoms with Gasteiger partial charge in [-0.2, -0.15) is 0 Å². The molecule has 0 fully saturated rings. The molecule has 84 valence electrons. The van der Waals surface area contributed by atoms with Gasteiger partial charge in [0.05, 0.1) is 12.1 Å². The minimum Gasteiger partial charge on any atom is -0.465 e. The van der Waals surface area contributed by atoms with Gasteiger partial charge in [0, 0.05) is 6.61 Å². The van der Waals surface area contributed by atoms with Gasteiger partial charge in [0.2, 0.25) is 0 Å². The maximum absolute atomic E-state index is 10.4. The maximum Gasteiger partial charge on any atom is 0.405 e. The fourth-order valence-electron chi connectivity index (χ4n) is 1.11. The fraction of sp³-hybridized carbons (Fsp3) is 0.900. The van der Waals surface area contributed by atoms with E-state index in [1.54, 1.807) is 13.8 Å². The van der Waals surface area contributed by atoms with Crippen LogP contribution in [0, 0.1) is 0 Å². The van der Waals surface area contributed by atoms with Gasteiger partial charge in [0.1, 0.15) is 0 Å². The van der Waals surface area contributed by atoms with Gasteiger partial charge in [0.25, 0.3) is 0 Å². The van der Waals surface area contributed by atoms with Crippen LogP contribution in [0.3, 0.4) is 0 Å². The largest absolute Gasteiger partial charge is 0.465 e. The van der Waals surface area contributed by atoms with E-state index in [9.17, 15) is 4.79 Å². The van der Waals surface area contributed by atoms with E-state index in [0.29, 0.717) is 13.2 Å². The third kappa shape index (κ3) is 7.86. The van der Waals surface area contributed by atoms with Crippen molar-refractivity contribution in [1.82, 2.24) is 5.32 Å². The number of rotatable bonds is 7. The van der Waals surface area contributed by atoms with Gasteiger partial charge in [-0.3, -0.25) is 0 Å². The Morgan fingerprint density at radius 3 is 2.57 bits per heavy atom. The van der Waals surface area contributed by atoms with Crippen LogP contribution >= 0.6 is 0 Å². The summed E-state index contributed by atoms with van der Waals surface area (Å²) >= 11 is 0. The molecule has 0 aliphatic rings. The lowest BCUT2D eigenvalue weighted by Gasteiger charge is -2.24. The molecule has 4 heteroatoms. The normalized spacial score (nSPS) is 11.4. The lowest BCUT2D eigenvalue weighted by atomic mass is 10.1. The maximum atomic E-state index is 10.4. The summed E-state index contributed by atoms with van der Waals surface area (Å²) in [6, 6.07) is 0. The van der Waals surface area contributed by atoms with E-state index in [1.807, 2.05) is 0 Å². The lowest BCUT2D eigenvalue weighted by Crippen LogP contribution is -2.46. The van der Waals surface area contributed by atoms with Crippen LogP contribution in [0.15, 0.2) is 0 Å². The highest BCUT2D eigenvalue weighted by Crippen LogP contribution is 2.03. The van der Waals surface area contributed by atoms with E-state index in [4.69, 9.17) is 9.84 Å². The van der Waals surface area contributed by atoms with Crippen LogP contribution in [0.2, 0.25) is 0 Å². The predicted octanol–water partition coefficient (Wildman–Crippen LogP) is 2.24. The summed E-state index contributed by atoms with van der Waals surface area (Å²) in [5.74, 6) is 0. The zero-order valence-corrected chi connectivity index (χ0v) is 9.30. The molecule has 0 saturated carbocycles. The van der Waals surface area contributed by atoms with E-state index in [-0.39, 0.29) is 0 Å². The smallest absolute Gasteiger partial charge is 0.405 e. The zero-order valence-electron chi connectivity index (χ0n) is 9.30. The van der Waals surface area contributed by atoms with E-state index < -0.39 is 11.6 Å². The van der Waals surface area contributed by atoms with Crippen molar-refractivity contribution in [2.75, 3.05) is 13.2 Å². The second-order valence-corrected chi connectivity index (χ2v) is 4.07. The van der Waals surface area contributed by atoms with Gasteiger partial charge in [-0.15, -0.1) is 0 Å². The lowest BCUT2D eigenvalue weighted by molar-refractivity contribution is 0.0783. The average molecular weight is 203 g/mol. The molecule has 0 heterocycles. The molecular formula is C10H21NO3. The Labute approximate surface area is 85.6 Å². The number of ether oxygens (including phenoxy) is 1. The summed E-state index contributed by atoms with van der Waals surface area (Å²) in [5.41, 5.74) is -0.502. The number of amides is 1. The average Bonchev–Trinajstić information content (AvgIpc) is 2.01. The molecule has 0 unspecified atom stereocenters. The highest BCUT2D eigenvalue weighted by atomic mass is 16.5. The van der Waals surface area contributed by atoms with Crippen molar-refractivity contribution < 1.29 is 14.6 Å². The molecule has 0 aliphatic heterocycles. The number of hydrogen-bond donors (Lipinski definition) is 2. The fourth-order valence-corrected chi connectivity index (χ4v) is 1.11. The van der Waals surface area contributed by atoms with Gasteiger partial charge >= 0.3 is 6.09 Å². The molecule has 1 amide bonds. The Balaban J connectivity index is 3.50. The van der Waals surface area contributed by atoms with Crippen LogP contribution < -0.4 is 5.32 Å². The van der Waals surface area contributed by atoms with Crippen molar-refractivity contribution >= 4 is 6.09 Å². The van der Waals surface area contributed by atoms with Crippen molar-refractivity contribution in [2.24, 2.45) is 0 Å². The summed E-state index contributed by atoms with van der Waals surface area (Å²) in [5, 5.41) is 10.9. The Kier molecular flexibility index (Phi) is 6.28. The molecule has 2 N–H and O–H groups in total. The van der Waals surface area contributed by atoms with Crippen LogP contribution in [-0.4, -0.2) is 30.0 Å². The minimum atomic E-state index is -1.01. The van der Waals surface area contributed by atoms with Gasteiger partial charge in [-0.05, 0) is 20.3 Å². The molecule has 0 spiro atoms. The summed E-state index contributed by atoms with van der Waals surface area (Å²) < 4.78 is 5.38. The van der Waals surface area contributed by atoms with Crippen LogP contribution in [0.5, 0.6) is 0 Å². The Hall–Kier alpha value is -0.770. The minimum absolute atomic E-state index is 0.420. The third-order valence-electron chi connectivity index (χ3n) is 1.80. The standard InChI is InChI=1S/C10H21NO3/c1-4-5-6-7-14-8-10(2,3)11-9(12)13/h11H,4-8H2,1-3H3,(H,12,13). The molecule has 0 aromatic carbocycles. The number of carbonyl (C=O) groups is 1.